The van der Waals surface area contributed by atoms with Gasteiger partial charge in [-0.1, -0.05) is 84.0 Å². The van der Waals surface area contributed by atoms with Gasteiger partial charge in [0.05, 0.1) is 22.0 Å². The van der Waals surface area contributed by atoms with E-state index in [0.717, 1.165) is 19.3 Å². The van der Waals surface area contributed by atoms with Gasteiger partial charge in [-0.25, -0.2) is 13.1 Å². The smallest absolute Gasteiger partial charge is 0.269 e. The summed E-state index contributed by atoms with van der Waals surface area (Å²) in [5, 5.41) is 14.4. The number of hydrogen-bond donors (Lipinski definition) is 2. The molecule has 0 bridgehead atoms. The number of nitro groups is 1. The molecule has 41 heavy (non-hydrogen) atoms. The van der Waals surface area contributed by atoms with Crippen molar-refractivity contribution in [1.82, 2.24) is 10.0 Å². The molecule has 0 saturated carbocycles. The number of benzene rings is 1. The van der Waals surface area contributed by atoms with Crippen LogP contribution in [0.25, 0.3) is 0 Å². The second kappa shape index (κ2) is 16.9. The van der Waals surface area contributed by atoms with Crippen LogP contribution in [0.4, 0.5) is 5.69 Å². The van der Waals surface area contributed by atoms with Gasteiger partial charge in [0, 0.05) is 24.2 Å². The summed E-state index contributed by atoms with van der Waals surface area (Å²) in [6.07, 6.45) is 15.3. The van der Waals surface area contributed by atoms with Crippen molar-refractivity contribution in [2.45, 2.75) is 159 Å². The van der Waals surface area contributed by atoms with Crippen LogP contribution in [0.5, 0.6) is 0 Å². The second-order valence-electron chi connectivity index (χ2n) is 12.9. The van der Waals surface area contributed by atoms with Crippen molar-refractivity contribution in [3.8, 4) is 0 Å². The van der Waals surface area contributed by atoms with Crippen LogP contribution >= 0.6 is 0 Å². The highest BCUT2D eigenvalue weighted by atomic mass is 32.2. The number of rotatable bonds is 20. The molecule has 1 aromatic carbocycles. The van der Waals surface area contributed by atoms with Crippen LogP contribution in [-0.2, 0) is 19.5 Å². The SMILES string of the molecule is CCCCCCCCCCCCCC[C@H]1OC(C)(C)O[C@H]1[C@H](CNC(C)(C)C)NS(=O)(=O)c1ccc([N+](=O)[O-])cc1. The monoisotopic (exact) mass is 597 g/mol. The van der Waals surface area contributed by atoms with Crippen molar-refractivity contribution in [2.24, 2.45) is 0 Å². The van der Waals surface area contributed by atoms with Gasteiger partial charge < -0.3 is 14.8 Å². The van der Waals surface area contributed by atoms with Gasteiger partial charge >= 0.3 is 0 Å². The molecule has 0 amide bonds. The van der Waals surface area contributed by atoms with E-state index in [2.05, 4.69) is 17.0 Å². The van der Waals surface area contributed by atoms with Crippen LogP contribution in [0.3, 0.4) is 0 Å². The van der Waals surface area contributed by atoms with Crippen molar-refractivity contribution >= 4 is 15.7 Å². The van der Waals surface area contributed by atoms with Crippen LogP contribution in [0, 0.1) is 10.1 Å². The van der Waals surface area contributed by atoms with Crippen molar-refractivity contribution in [1.29, 1.82) is 0 Å². The Kier molecular flexibility index (Phi) is 14.7. The quantitative estimate of drug-likeness (QED) is 0.0923. The molecular formula is C31H55N3O6S. The number of ether oxygens (including phenoxy) is 2. The van der Waals surface area contributed by atoms with Crippen molar-refractivity contribution in [3.63, 3.8) is 0 Å². The number of nitrogens with one attached hydrogen (secondary N) is 2. The Hall–Kier alpha value is -1.59. The van der Waals surface area contributed by atoms with E-state index >= 15 is 0 Å². The fourth-order valence-corrected chi connectivity index (χ4v) is 6.52. The first-order valence-corrected chi connectivity index (χ1v) is 17.1. The summed E-state index contributed by atoms with van der Waals surface area (Å²) in [5.74, 6) is -0.828. The summed E-state index contributed by atoms with van der Waals surface area (Å²) >= 11 is 0. The van der Waals surface area contributed by atoms with E-state index in [0.29, 0.717) is 6.54 Å². The van der Waals surface area contributed by atoms with Crippen LogP contribution in [0.15, 0.2) is 29.2 Å². The van der Waals surface area contributed by atoms with Gasteiger partial charge in [-0.2, -0.15) is 0 Å². The molecule has 0 radical (unpaired) electrons. The summed E-state index contributed by atoms with van der Waals surface area (Å²) in [6, 6.07) is 4.32. The predicted molar refractivity (Wildman–Crippen MR) is 164 cm³/mol. The summed E-state index contributed by atoms with van der Waals surface area (Å²) < 4.78 is 42.1. The molecule has 2 rings (SSSR count). The summed E-state index contributed by atoms with van der Waals surface area (Å²) in [5.41, 5.74) is -0.400. The van der Waals surface area contributed by atoms with Crippen molar-refractivity contribution < 1.29 is 22.8 Å². The number of non-ortho nitro benzene ring substituents is 1. The molecular weight excluding hydrogens is 542 g/mol. The lowest BCUT2D eigenvalue weighted by Crippen LogP contribution is -2.55. The fraction of sp³-hybridized carbons (Fsp3) is 0.806. The Bertz CT molecular complexity index is 1010. The number of unbranched alkanes of at least 4 members (excludes halogenated alkanes) is 11. The summed E-state index contributed by atoms with van der Waals surface area (Å²) in [7, 11) is -3.96. The predicted octanol–water partition coefficient (Wildman–Crippen LogP) is 7.24. The molecule has 236 valence electrons. The molecule has 1 aliphatic rings. The molecule has 10 heteroatoms. The van der Waals surface area contributed by atoms with Gasteiger partial charge in [0.25, 0.3) is 5.69 Å². The molecule has 1 aliphatic heterocycles. The Balaban J connectivity index is 1.96. The molecule has 0 spiro atoms. The van der Waals surface area contributed by atoms with Crippen LogP contribution in [-0.4, -0.2) is 49.5 Å². The van der Waals surface area contributed by atoms with E-state index in [-0.39, 0.29) is 22.2 Å². The Morgan fingerprint density at radius 1 is 0.902 bits per heavy atom. The fourth-order valence-electron chi connectivity index (χ4n) is 5.27. The lowest BCUT2D eigenvalue weighted by atomic mass is 9.98. The summed E-state index contributed by atoms with van der Waals surface area (Å²) in [4.78, 5) is 10.4. The first-order valence-electron chi connectivity index (χ1n) is 15.6. The largest absolute Gasteiger partial charge is 0.345 e. The van der Waals surface area contributed by atoms with Crippen LogP contribution < -0.4 is 10.0 Å². The van der Waals surface area contributed by atoms with Crippen molar-refractivity contribution in [3.05, 3.63) is 34.4 Å². The van der Waals surface area contributed by atoms with Crippen LogP contribution in [0.2, 0.25) is 0 Å². The summed E-state index contributed by atoms with van der Waals surface area (Å²) in [6.45, 7) is 12.4. The van der Waals surface area contributed by atoms with E-state index < -0.39 is 32.9 Å². The van der Waals surface area contributed by atoms with Gasteiger partial charge in [-0.05, 0) is 53.2 Å². The van der Waals surface area contributed by atoms with Crippen molar-refractivity contribution in [2.75, 3.05) is 6.54 Å². The molecule has 1 aromatic rings. The molecule has 0 aromatic heterocycles. The maximum Gasteiger partial charge on any atom is 0.269 e. The van der Waals surface area contributed by atoms with E-state index in [1.165, 1.54) is 88.5 Å². The normalized spacial score (nSPS) is 19.9. The Labute approximate surface area is 248 Å². The zero-order valence-electron chi connectivity index (χ0n) is 26.2. The van der Waals surface area contributed by atoms with Gasteiger partial charge in [0.2, 0.25) is 10.0 Å². The van der Waals surface area contributed by atoms with Gasteiger partial charge in [0.1, 0.15) is 6.10 Å². The highest BCUT2D eigenvalue weighted by Gasteiger charge is 2.46. The molecule has 1 fully saturated rings. The molecule has 2 N–H and O–H groups in total. The lowest BCUT2D eigenvalue weighted by molar-refractivity contribution is -0.384. The second-order valence-corrected chi connectivity index (χ2v) is 14.6. The average molecular weight is 598 g/mol. The molecule has 1 heterocycles. The van der Waals surface area contributed by atoms with E-state index in [9.17, 15) is 18.5 Å². The minimum absolute atomic E-state index is 0.0282. The minimum Gasteiger partial charge on any atom is -0.345 e. The van der Waals surface area contributed by atoms with Crippen LogP contribution in [0.1, 0.15) is 125 Å². The first kappa shape index (κ1) is 35.6. The average Bonchev–Trinajstić information content (AvgIpc) is 3.20. The number of nitrogens with zero attached hydrogens (tertiary/aromatic N) is 1. The highest BCUT2D eigenvalue weighted by molar-refractivity contribution is 7.89. The molecule has 9 nitrogen and oxygen atoms in total. The third-order valence-corrected chi connectivity index (χ3v) is 8.98. The van der Waals surface area contributed by atoms with E-state index in [1.54, 1.807) is 0 Å². The van der Waals surface area contributed by atoms with Gasteiger partial charge in [-0.15, -0.1) is 0 Å². The Morgan fingerprint density at radius 2 is 1.41 bits per heavy atom. The van der Waals surface area contributed by atoms with E-state index in [1.807, 2.05) is 34.6 Å². The number of hydrogen-bond acceptors (Lipinski definition) is 7. The maximum atomic E-state index is 13.3. The number of nitro benzene ring substituents is 1. The standard InChI is InChI=1S/C31H55N3O6S/c1-7-8-9-10-11-12-13-14-15-16-17-18-19-28-29(40-31(5,6)39-28)27(24-32-30(2,3)4)33-41(37,38)26-22-20-25(21-23-26)34(35)36/h20-23,27-29,32-33H,7-19,24H2,1-6H3/t27-,28+,29-/m0/s1. The minimum atomic E-state index is -3.96. The third kappa shape index (κ3) is 13.5. The lowest BCUT2D eigenvalue weighted by Gasteiger charge is -2.31. The topological polar surface area (TPSA) is 120 Å². The molecule has 3 atom stereocenters. The number of sulfonamides is 1. The third-order valence-electron chi connectivity index (χ3n) is 7.48. The Morgan fingerprint density at radius 3 is 1.90 bits per heavy atom. The van der Waals surface area contributed by atoms with Gasteiger partial charge in [-0.3, -0.25) is 10.1 Å². The zero-order valence-corrected chi connectivity index (χ0v) is 27.1. The molecule has 0 aliphatic carbocycles. The van der Waals surface area contributed by atoms with Gasteiger partial charge in [0.15, 0.2) is 5.79 Å². The highest BCUT2D eigenvalue weighted by Crippen LogP contribution is 2.33. The molecule has 0 unspecified atom stereocenters. The van der Waals surface area contributed by atoms with E-state index in [4.69, 9.17) is 9.47 Å². The zero-order chi connectivity index (χ0) is 30.5. The first-order chi connectivity index (χ1) is 19.2. The molecule has 1 saturated heterocycles. The maximum absolute atomic E-state index is 13.3.